The van der Waals surface area contributed by atoms with Crippen LogP contribution in [0, 0.1) is 5.41 Å². The second kappa shape index (κ2) is 6.22. The van der Waals surface area contributed by atoms with Gasteiger partial charge in [-0.25, -0.2) is 9.18 Å². The number of halogens is 1. The van der Waals surface area contributed by atoms with E-state index < -0.39 is 17.3 Å². The van der Waals surface area contributed by atoms with Gasteiger partial charge in [0.05, 0.1) is 5.84 Å². The molecule has 16 heavy (non-hydrogen) atoms. The molecule has 0 rings (SSSR count). The van der Waals surface area contributed by atoms with Crippen molar-refractivity contribution in [1.29, 1.82) is 5.41 Å². The van der Waals surface area contributed by atoms with Crippen LogP contribution in [-0.4, -0.2) is 29.0 Å². The third-order valence-electron chi connectivity index (χ3n) is 2.04. The van der Waals surface area contributed by atoms with E-state index in [2.05, 4.69) is 5.32 Å². The lowest BCUT2D eigenvalue weighted by Crippen LogP contribution is -2.45. The van der Waals surface area contributed by atoms with E-state index in [-0.39, 0.29) is 0 Å². The molecule has 0 aliphatic heterocycles. The van der Waals surface area contributed by atoms with Crippen molar-refractivity contribution >= 4 is 11.8 Å². The molecule has 0 amide bonds. The summed E-state index contributed by atoms with van der Waals surface area (Å²) in [5.41, 5.74) is 3.32. The number of nitrogens with two attached hydrogens (primary N) is 1. The molecule has 92 valence electrons. The topological polar surface area (TPSA) is 99.2 Å². The predicted molar refractivity (Wildman–Crippen MR) is 60.1 cm³/mol. The summed E-state index contributed by atoms with van der Waals surface area (Å²) in [6.07, 6.45) is 2.17. The summed E-state index contributed by atoms with van der Waals surface area (Å²) < 4.78 is 13.3. The molecule has 0 radical (unpaired) electrons. The van der Waals surface area contributed by atoms with Gasteiger partial charge in [-0.2, -0.15) is 0 Å². The van der Waals surface area contributed by atoms with E-state index >= 15 is 0 Å². The first-order valence-electron chi connectivity index (χ1n) is 4.96. The molecule has 0 aliphatic rings. The van der Waals surface area contributed by atoms with Crippen molar-refractivity contribution in [1.82, 2.24) is 5.32 Å². The van der Waals surface area contributed by atoms with Gasteiger partial charge in [0.15, 0.2) is 5.54 Å². The van der Waals surface area contributed by atoms with Crippen molar-refractivity contribution in [2.75, 3.05) is 6.54 Å². The smallest absolute Gasteiger partial charge is 0.330 e. The summed E-state index contributed by atoms with van der Waals surface area (Å²) in [5, 5.41) is 18.5. The van der Waals surface area contributed by atoms with E-state index in [1.807, 2.05) is 0 Å². The number of carboxylic acids is 1. The first-order chi connectivity index (χ1) is 7.28. The molecule has 0 fully saturated rings. The van der Waals surface area contributed by atoms with Crippen LogP contribution in [0.15, 0.2) is 11.9 Å². The molecule has 0 saturated carbocycles. The van der Waals surface area contributed by atoms with Gasteiger partial charge in [0.2, 0.25) is 0 Å². The van der Waals surface area contributed by atoms with Gasteiger partial charge >= 0.3 is 5.97 Å². The molecule has 0 aromatic rings. The fourth-order valence-corrected chi connectivity index (χ4v) is 0.921. The highest BCUT2D eigenvalue weighted by molar-refractivity contribution is 5.81. The molecule has 5 N–H and O–H groups in total. The Morgan fingerprint density at radius 3 is 2.69 bits per heavy atom. The van der Waals surface area contributed by atoms with Crippen LogP contribution in [-0.2, 0) is 4.79 Å². The molecule has 1 atom stereocenters. The van der Waals surface area contributed by atoms with Gasteiger partial charge in [-0.1, -0.05) is 6.08 Å². The van der Waals surface area contributed by atoms with Gasteiger partial charge < -0.3 is 16.2 Å². The van der Waals surface area contributed by atoms with Crippen molar-refractivity contribution in [3.63, 3.8) is 0 Å². The lowest BCUT2D eigenvalue weighted by atomic mass is 10.0. The van der Waals surface area contributed by atoms with Crippen molar-refractivity contribution < 1.29 is 14.3 Å². The molecule has 1 unspecified atom stereocenters. The SMILES string of the molecule is CC(=N)NCCC/C=C(/F)C(C)(N)C(=O)O. The Morgan fingerprint density at radius 1 is 1.69 bits per heavy atom. The third-order valence-corrected chi connectivity index (χ3v) is 2.04. The third kappa shape index (κ3) is 4.88. The Bertz CT molecular complexity index is 300. The van der Waals surface area contributed by atoms with E-state index in [0.717, 1.165) is 6.92 Å². The Labute approximate surface area is 94.0 Å². The number of amidine groups is 1. The molecule has 0 aliphatic carbocycles. The van der Waals surface area contributed by atoms with E-state index in [4.69, 9.17) is 16.2 Å². The van der Waals surface area contributed by atoms with Gasteiger partial charge in [-0.15, -0.1) is 0 Å². The maximum atomic E-state index is 13.3. The van der Waals surface area contributed by atoms with Crippen LogP contribution in [0.3, 0.4) is 0 Å². The summed E-state index contributed by atoms with van der Waals surface area (Å²) >= 11 is 0. The lowest BCUT2D eigenvalue weighted by molar-refractivity contribution is -0.141. The number of hydrogen-bond acceptors (Lipinski definition) is 3. The fraction of sp³-hybridized carbons (Fsp3) is 0.600. The van der Waals surface area contributed by atoms with Crippen LogP contribution in [0.4, 0.5) is 4.39 Å². The van der Waals surface area contributed by atoms with Gasteiger partial charge in [-0.05, 0) is 26.7 Å². The van der Waals surface area contributed by atoms with Crippen LogP contribution in [0.1, 0.15) is 26.7 Å². The summed E-state index contributed by atoms with van der Waals surface area (Å²) in [6.45, 7) is 3.27. The highest BCUT2D eigenvalue weighted by atomic mass is 19.1. The Morgan fingerprint density at radius 2 is 2.25 bits per heavy atom. The molecule has 5 nitrogen and oxygen atoms in total. The number of allylic oxidation sites excluding steroid dienone is 1. The summed E-state index contributed by atoms with van der Waals surface area (Å²) in [4.78, 5) is 10.6. The second-order valence-electron chi connectivity index (χ2n) is 3.75. The van der Waals surface area contributed by atoms with Crippen molar-refractivity contribution in [3.05, 3.63) is 11.9 Å². The summed E-state index contributed by atoms with van der Waals surface area (Å²) in [6, 6.07) is 0. The van der Waals surface area contributed by atoms with Crippen LogP contribution < -0.4 is 11.1 Å². The number of nitrogens with one attached hydrogen (secondary N) is 2. The quantitative estimate of drug-likeness (QED) is 0.311. The van der Waals surface area contributed by atoms with Gasteiger partial charge in [-0.3, -0.25) is 5.41 Å². The summed E-state index contributed by atoms with van der Waals surface area (Å²) in [7, 11) is 0. The largest absolute Gasteiger partial charge is 0.480 e. The minimum absolute atomic E-state index is 0.346. The van der Waals surface area contributed by atoms with Crippen LogP contribution in [0.2, 0.25) is 0 Å². The molecule has 0 spiro atoms. The van der Waals surface area contributed by atoms with Crippen LogP contribution in [0.5, 0.6) is 0 Å². The molecule has 0 saturated heterocycles. The zero-order valence-corrected chi connectivity index (χ0v) is 9.51. The lowest BCUT2D eigenvalue weighted by Gasteiger charge is -2.16. The normalized spacial score (nSPS) is 15.4. The number of unbranched alkanes of at least 4 members (excludes halogenated alkanes) is 1. The number of carboxylic acid groups (broad SMARTS) is 1. The van der Waals surface area contributed by atoms with Gasteiger partial charge in [0.1, 0.15) is 5.83 Å². The van der Waals surface area contributed by atoms with Gasteiger partial charge in [0, 0.05) is 6.54 Å². The monoisotopic (exact) mass is 231 g/mol. The first kappa shape index (κ1) is 14.6. The minimum atomic E-state index is -1.95. The molecule has 0 aromatic carbocycles. The number of carbonyl (C=O) groups is 1. The van der Waals surface area contributed by atoms with E-state index in [1.165, 1.54) is 6.08 Å². The number of aliphatic carboxylic acids is 1. The average molecular weight is 231 g/mol. The summed E-state index contributed by atoms with van der Waals surface area (Å²) in [5.74, 6) is -1.89. The van der Waals surface area contributed by atoms with Gasteiger partial charge in [0.25, 0.3) is 0 Å². The van der Waals surface area contributed by atoms with Crippen molar-refractivity contribution in [2.24, 2.45) is 5.73 Å². The first-order valence-corrected chi connectivity index (χ1v) is 4.96. The predicted octanol–water partition coefficient (Wildman–Crippen LogP) is 1.01. The highest BCUT2D eigenvalue weighted by Gasteiger charge is 2.33. The maximum absolute atomic E-state index is 13.3. The van der Waals surface area contributed by atoms with Crippen molar-refractivity contribution in [3.8, 4) is 0 Å². The van der Waals surface area contributed by atoms with E-state index in [9.17, 15) is 9.18 Å². The van der Waals surface area contributed by atoms with Crippen molar-refractivity contribution in [2.45, 2.75) is 32.2 Å². The second-order valence-corrected chi connectivity index (χ2v) is 3.75. The zero-order valence-electron chi connectivity index (χ0n) is 9.51. The number of rotatable bonds is 6. The van der Waals surface area contributed by atoms with E-state index in [0.29, 0.717) is 25.2 Å². The Balaban J connectivity index is 4.05. The Hall–Kier alpha value is -1.43. The van der Waals surface area contributed by atoms with Crippen LogP contribution in [0.25, 0.3) is 0 Å². The molecule has 0 heterocycles. The van der Waals surface area contributed by atoms with E-state index in [1.54, 1.807) is 6.92 Å². The molecular weight excluding hydrogens is 213 g/mol. The Kier molecular flexibility index (Phi) is 5.66. The average Bonchev–Trinajstić information content (AvgIpc) is 2.16. The fourth-order valence-electron chi connectivity index (χ4n) is 0.921. The molecule has 0 aromatic heterocycles. The molecule has 6 heteroatoms. The van der Waals surface area contributed by atoms with Crippen LogP contribution >= 0.6 is 0 Å². The number of hydrogen-bond donors (Lipinski definition) is 4. The molecule has 0 bridgehead atoms. The molecular formula is C10H18FN3O2. The highest BCUT2D eigenvalue weighted by Crippen LogP contribution is 2.16. The minimum Gasteiger partial charge on any atom is -0.480 e. The standard InChI is InChI=1S/C10H18FN3O2/c1-7(12)14-6-4-3-5-8(11)10(2,13)9(15)16/h5H,3-4,6,13H2,1-2H3,(H2,12,14)(H,15,16)/b8-5+. The zero-order chi connectivity index (χ0) is 12.8. The maximum Gasteiger partial charge on any atom is 0.330 e.